The van der Waals surface area contributed by atoms with Crippen LogP contribution in [-0.2, 0) is 17.7 Å². The van der Waals surface area contributed by atoms with Crippen LogP contribution in [-0.4, -0.2) is 28.0 Å². The van der Waals surface area contributed by atoms with Gasteiger partial charge >= 0.3 is 0 Å². The molecule has 0 aliphatic heterocycles. The van der Waals surface area contributed by atoms with Gasteiger partial charge in [-0.15, -0.1) is 0 Å². The molecule has 0 unspecified atom stereocenters. The first-order valence-electron chi connectivity index (χ1n) is 5.89. The van der Waals surface area contributed by atoms with E-state index in [1.807, 2.05) is 10.7 Å². The zero-order chi connectivity index (χ0) is 11.8. The van der Waals surface area contributed by atoms with Crippen molar-refractivity contribution in [3.63, 3.8) is 0 Å². The molecular formula is C13H17N3O. The van der Waals surface area contributed by atoms with Crippen LogP contribution >= 0.6 is 0 Å². The van der Waals surface area contributed by atoms with E-state index in [-0.39, 0.29) is 0 Å². The van der Waals surface area contributed by atoms with Crippen molar-refractivity contribution in [2.45, 2.75) is 19.4 Å². The van der Waals surface area contributed by atoms with Gasteiger partial charge in [-0.25, -0.2) is 4.98 Å². The lowest BCUT2D eigenvalue weighted by molar-refractivity contribution is 0.131. The molecule has 0 spiro atoms. The van der Waals surface area contributed by atoms with Crippen LogP contribution in [0, 0.1) is 0 Å². The fourth-order valence-corrected chi connectivity index (χ4v) is 1.61. The molecule has 0 amide bonds. The summed E-state index contributed by atoms with van der Waals surface area (Å²) in [6.07, 6.45) is 5.22. The molecule has 90 valence electrons. The summed E-state index contributed by atoms with van der Waals surface area (Å²) in [6, 6.07) is 10.4. The molecule has 0 atom stereocenters. The number of rotatable bonds is 7. The summed E-state index contributed by atoms with van der Waals surface area (Å²) in [5, 5.41) is 4.03. The molecule has 4 nitrogen and oxygen atoms in total. The van der Waals surface area contributed by atoms with Crippen molar-refractivity contribution in [1.82, 2.24) is 14.8 Å². The average Bonchev–Trinajstić information content (AvgIpc) is 2.88. The van der Waals surface area contributed by atoms with Gasteiger partial charge in [-0.3, -0.25) is 4.68 Å². The highest BCUT2D eigenvalue weighted by atomic mass is 16.5. The Kier molecular flexibility index (Phi) is 4.72. The summed E-state index contributed by atoms with van der Waals surface area (Å²) in [5.74, 6) is 0. The Morgan fingerprint density at radius 1 is 1.12 bits per heavy atom. The Hall–Kier alpha value is -1.68. The van der Waals surface area contributed by atoms with Crippen LogP contribution in [0.5, 0.6) is 0 Å². The lowest BCUT2D eigenvalue weighted by Gasteiger charge is -2.04. The normalized spacial score (nSPS) is 10.6. The van der Waals surface area contributed by atoms with Crippen LogP contribution in [0.1, 0.15) is 12.0 Å². The molecule has 1 aromatic carbocycles. The number of ether oxygens (including phenoxy) is 1. The third-order valence-corrected chi connectivity index (χ3v) is 2.52. The molecule has 4 heteroatoms. The molecule has 0 radical (unpaired) electrons. The van der Waals surface area contributed by atoms with Crippen molar-refractivity contribution in [2.24, 2.45) is 0 Å². The van der Waals surface area contributed by atoms with E-state index in [9.17, 15) is 0 Å². The minimum Gasteiger partial charge on any atom is -0.381 e. The molecule has 0 N–H and O–H groups in total. The van der Waals surface area contributed by atoms with Crippen LogP contribution in [0.15, 0.2) is 43.0 Å². The van der Waals surface area contributed by atoms with Crippen molar-refractivity contribution < 1.29 is 4.74 Å². The number of nitrogens with zero attached hydrogens (tertiary/aromatic N) is 3. The Morgan fingerprint density at radius 3 is 2.76 bits per heavy atom. The monoisotopic (exact) mass is 231 g/mol. The van der Waals surface area contributed by atoms with E-state index in [1.165, 1.54) is 5.56 Å². The van der Waals surface area contributed by atoms with Crippen LogP contribution in [0.25, 0.3) is 0 Å². The molecule has 1 aromatic heterocycles. The number of hydrogen-bond donors (Lipinski definition) is 0. The maximum absolute atomic E-state index is 5.57. The largest absolute Gasteiger partial charge is 0.381 e. The Bertz CT molecular complexity index is 400. The summed E-state index contributed by atoms with van der Waals surface area (Å²) in [4.78, 5) is 3.89. The minimum atomic E-state index is 0.771. The van der Waals surface area contributed by atoms with Crippen molar-refractivity contribution in [3.8, 4) is 0 Å². The Labute approximate surface area is 101 Å². The number of aromatic nitrogens is 3. The molecular weight excluding hydrogens is 214 g/mol. The van der Waals surface area contributed by atoms with E-state index in [2.05, 4.69) is 34.3 Å². The van der Waals surface area contributed by atoms with Crippen LogP contribution in [0.4, 0.5) is 0 Å². The van der Waals surface area contributed by atoms with Crippen molar-refractivity contribution in [2.75, 3.05) is 13.2 Å². The van der Waals surface area contributed by atoms with Gasteiger partial charge in [0.15, 0.2) is 0 Å². The number of aryl methyl sites for hydroxylation is 1. The first-order valence-corrected chi connectivity index (χ1v) is 5.89. The topological polar surface area (TPSA) is 39.9 Å². The highest BCUT2D eigenvalue weighted by Gasteiger charge is 1.94. The molecule has 1 heterocycles. The highest BCUT2D eigenvalue weighted by Crippen LogP contribution is 1.99. The summed E-state index contributed by atoms with van der Waals surface area (Å²) in [5.41, 5.74) is 1.32. The predicted octanol–water partition coefficient (Wildman–Crippen LogP) is 1.93. The van der Waals surface area contributed by atoms with Gasteiger partial charge in [0.1, 0.15) is 12.7 Å². The second-order valence-corrected chi connectivity index (χ2v) is 3.86. The lowest BCUT2D eigenvalue weighted by atomic mass is 10.2. The van der Waals surface area contributed by atoms with Gasteiger partial charge in [-0.1, -0.05) is 30.3 Å². The van der Waals surface area contributed by atoms with Crippen molar-refractivity contribution in [3.05, 3.63) is 48.5 Å². The Morgan fingerprint density at radius 2 is 2.00 bits per heavy atom. The second-order valence-electron chi connectivity index (χ2n) is 3.86. The zero-order valence-corrected chi connectivity index (χ0v) is 9.83. The van der Waals surface area contributed by atoms with Gasteiger partial charge in [0, 0.05) is 13.2 Å². The SMILES string of the molecule is c1ccc(CCOCCCn2cncn2)cc1. The maximum atomic E-state index is 5.57. The van der Waals surface area contributed by atoms with Crippen LogP contribution in [0.2, 0.25) is 0 Å². The second kappa shape index (κ2) is 6.81. The van der Waals surface area contributed by atoms with Crippen LogP contribution < -0.4 is 0 Å². The van der Waals surface area contributed by atoms with E-state index < -0.39 is 0 Å². The van der Waals surface area contributed by atoms with Gasteiger partial charge < -0.3 is 4.74 Å². The fraction of sp³-hybridized carbons (Fsp3) is 0.385. The zero-order valence-electron chi connectivity index (χ0n) is 9.83. The molecule has 0 fully saturated rings. The van der Waals surface area contributed by atoms with E-state index in [0.717, 1.165) is 32.6 Å². The molecule has 17 heavy (non-hydrogen) atoms. The molecule has 2 aromatic rings. The first-order chi connectivity index (χ1) is 8.45. The standard InChI is InChI=1S/C13H17N3O/c1-2-5-13(6-3-1)7-10-17-9-4-8-16-12-14-11-15-16/h1-3,5-6,11-12H,4,7-10H2. The fourth-order valence-electron chi connectivity index (χ4n) is 1.61. The first kappa shape index (κ1) is 11.8. The summed E-state index contributed by atoms with van der Waals surface area (Å²) < 4.78 is 7.39. The molecule has 0 saturated heterocycles. The molecule has 0 saturated carbocycles. The predicted molar refractivity (Wildman–Crippen MR) is 65.6 cm³/mol. The summed E-state index contributed by atoms with van der Waals surface area (Å²) >= 11 is 0. The van der Waals surface area contributed by atoms with Gasteiger partial charge in [-0.2, -0.15) is 5.10 Å². The van der Waals surface area contributed by atoms with Gasteiger partial charge in [0.05, 0.1) is 6.61 Å². The summed E-state index contributed by atoms with van der Waals surface area (Å²) in [6.45, 7) is 2.42. The van der Waals surface area contributed by atoms with E-state index in [0.29, 0.717) is 0 Å². The maximum Gasteiger partial charge on any atom is 0.137 e. The number of hydrogen-bond acceptors (Lipinski definition) is 3. The quantitative estimate of drug-likeness (QED) is 0.683. The average molecular weight is 231 g/mol. The van der Waals surface area contributed by atoms with E-state index >= 15 is 0 Å². The number of benzene rings is 1. The minimum absolute atomic E-state index is 0.771. The lowest BCUT2D eigenvalue weighted by Crippen LogP contribution is -2.05. The van der Waals surface area contributed by atoms with E-state index in [4.69, 9.17) is 4.74 Å². The van der Waals surface area contributed by atoms with Gasteiger partial charge in [-0.05, 0) is 18.4 Å². The van der Waals surface area contributed by atoms with Gasteiger partial charge in [0.25, 0.3) is 0 Å². The molecule has 0 aliphatic carbocycles. The van der Waals surface area contributed by atoms with Crippen molar-refractivity contribution >= 4 is 0 Å². The third-order valence-electron chi connectivity index (χ3n) is 2.52. The molecule has 2 rings (SSSR count). The summed E-state index contributed by atoms with van der Waals surface area (Å²) in [7, 11) is 0. The van der Waals surface area contributed by atoms with Crippen LogP contribution in [0.3, 0.4) is 0 Å². The van der Waals surface area contributed by atoms with Crippen molar-refractivity contribution in [1.29, 1.82) is 0 Å². The molecule has 0 bridgehead atoms. The van der Waals surface area contributed by atoms with E-state index in [1.54, 1.807) is 12.7 Å². The third kappa shape index (κ3) is 4.36. The van der Waals surface area contributed by atoms with Gasteiger partial charge in [0.2, 0.25) is 0 Å². The smallest absolute Gasteiger partial charge is 0.137 e. The Balaban J connectivity index is 1.52. The molecule has 0 aliphatic rings. The highest BCUT2D eigenvalue weighted by molar-refractivity contribution is 5.14.